The van der Waals surface area contributed by atoms with Gasteiger partial charge in [-0.1, -0.05) is 74.5 Å². The molecule has 4 nitrogen and oxygen atoms in total. The SMILES string of the molecule is CC(C)c1ccc(CCNC(=O)C[NH+]2CC[NH+](C/C=C/c3ccccc3)CC2)cc1. The first-order valence-electron chi connectivity index (χ1n) is 11.3. The average Bonchev–Trinajstić information content (AvgIpc) is 2.76. The number of carbonyl (C=O) groups is 1. The molecular formula is C26H37N3O+2. The van der Waals surface area contributed by atoms with Gasteiger partial charge in [0.2, 0.25) is 0 Å². The summed E-state index contributed by atoms with van der Waals surface area (Å²) in [7, 11) is 0. The quantitative estimate of drug-likeness (QED) is 0.569. The molecule has 0 unspecified atom stereocenters. The molecule has 0 spiro atoms. The first-order valence-corrected chi connectivity index (χ1v) is 11.3. The van der Waals surface area contributed by atoms with Crippen molar-refractivity contribution in [3.63, 3.8) is 0 Å². The normalized spacial score (nSPS) is 19.3. The Morgan fingerprint density at radius 2 is 1.63 bits per heavy atom. The molecule has 0 aromatic heterocycles. The number of hydrogen-bond donors (Lipinski definition) is 3. The summed E-state index contributed by atoms with van der Waals surface area (Å²) in [6.07, 6.45) is 5.37. The molecule has 1 amide bonds. The molecule has 2 aromatic carbocycles. The smallest absolute Gasteiger partial charge is 0.275 e. The number of piperazine rings is 1. The molecule has 1 fully saturated rings. The summed E-state index contributed by atoms with van der Waals surface area (Å²) >= 11 is 0. The van der Waals surface area contributed by atoms with Gasteiger partial charge in [0.1, 0.15) is 26.2 Å². The summed E-state index contributed by atoms with van der Waals surface area (Å²) in [5.41, 5.74) is 3.91. The molecule has 0 aliphatic carbocycles. The fraction of sp³-hybridized carbons (Fsp3) is 0.423. The van der Waals surface area contributed by atoms with E-state index in [4.69, 9.17) is 0 Å². The molecule has 1 aliphatic heterocycles. The second kappa shape index (κ2) is 11.7. The lowest BCUT2D eigenvalue weighted by atomic mass is 10.0. The van der Waals surface area contributed by atoms with Gasteiger partial charge in [0.05, 0.1) is 6.54 Å². The molecule has 160 valence electrons. The van der Waals surface area contributed by atoms with E-state index in [1.165, 1.54) is 21.6 Å². The zero-order valence-corrected chi connectivity index (χ0v) is 18.5. The fourth-order valence-electron chi connectivity index (χ4n) is 3.97. The van der Waals surface area contributed by atoms with E-state index in [0.717, 1.165) is 45.7 Å². The standard InChI is InChI=1S/C26H35N3O/c1-22(2)25-12-10-24(11-13-25)14-15-27-26(30)21-29-19-17-28(18-20-29)16-6-9-23-7-4-3-5-8-23/h3-13,22H,14-21H2,1-2H3,(H,27,30)/p+2/b9-6+. The maximum absolute atomic E-state index is 12.3. The number of benzene rings is 2. The molecule has 1 aliphatic rings. The number of rotatable bonds is 9. The van der Waals surface area contributed by atoms with Crippen molar-refractivity contribution in [2.24, 2.45) is 0 Å². The Bertz CT molecular complexity index is 791. The minimum absolute atomic E-state index is 0.177. The van der Waals surface area contributed by atoms with Gasteiger partial charge in [-0.25, -0.2) is 0 Å². The topological polar surface area (TPSA) is 38.0 Å². The second-order valence-corrected chi connectivity index (χ2v) is 8.69. The van der Waals surface area contributed by atoms with Crippen LogP contribution >= 0.6 is 0 Å². The molecule has 0 radical (unpaired) electrons. The van der Waals surface area contributed by atoms with Crippen LogP contribution in [0.5, 0.6) is 0 Å². The molecule has 3 rings (SSSR count). The van der Waals surface area contributed by atoms with Crippen molar-refractivity contribution in [1.82, 2.24) is 5.32 Å². The molecule has 30 heavy (non-hydrogen) atoms. The van der Waals surface area contributed by atoms with E-state index >= 15 is 0 Å². The minimum Gasteiger partial charge on any atom is -0.351 e. The van der Waals surface area contributed by atoms with E-state index in [9.17, 15) is 4.79 Å². The number of carbonyl (C=O) groups excluding carboxylic acids is 1. The summed E-state index contributed by atoms with van der Waals surface area (Å²) in [5, 5.41) is 3.10. The molecule has 0 bridgehead atoms. The van der Waals surface area contributed by atoms with E-state index in [1.807, 2.05) is 6.07 Å². The monoisotopic (exact) mass is 407 g/mol. The third-order valence-electron chi connectivity index (χ3n) is 5.97. The Balaban J connectivity index is 1.29. The van der Waals surface area contributed by atoms with Crippen LogP contribution in [0.2, 0.25) is 0 Å². The first kappa shape index (κ1) is 22.3. The van der Waals surface area contributed by atoms with Crippen molar-refractivity contribution < 1.29 is 14.6 Å². The molecule has 1 saturated heterocycles. The number of quaternary nitrogens is 2. The lowest BCUT2D eigenvalue weighted by molar-refractivity contribution is -1.01. The highest BCUT2D eigenvalue weighted by molar-refractivity contribution is 5.76. The van der Waals surface area contributed by atoms with Gasteiger partial charge in [-0.2, -0.15) is 0 Å². The predicted molar refractivity (Wildman–Crippen MR) is 124 cm³/mol. The third kappa shape index (κ3) is 7.43. The van der Waals surface area contributed by atoms with E-state index in [2.05, 4.69) is 79.8 Å². The predicted octanol–water partition coefficient (Wildman–Crippen LogP) is 0.966. The van der Waals surface area contributed by atoms with Crippen LogP contribution in [0.25, 0.3) is 6.08 Å². The second-order valence-electron chi connectivity index (χ2n) is 8.69. The summed E-state index contributed by atoms with van der Waals surface area (Å²) in [4.78, 5) is 15.3. The lowest BCUT2D eigenvalue weighted by Crippen LogP contribution is -3.28. The van der Waals surface area contributed by atoms with E-state index in [-0.39, 0.29) is 5.91 Å². The largest absolute Gasteiger partial charge is 0.351 e. The summed E-state index contributed by atoms with van der Waals surface area (Å²) in [6, 6.07) is 19.2. The van der Waals surface area contributed by atoms with Crippen LogP contribution in [0.4, 0.5) is 0 Å². The van der Waals surface area contributed by atoms with Crippen molar-refractivity contribution >= 4 is 12.0 Å². The molecule has 1 heterocycles. The van der Waals surface area contributed by atoms with Crippen molar-refractivity contribution in [3.8, 4) is 0 Å². The summed E-state index contributed by atoms with van der Waals surface area (Å²) < 4.78 is 0. The number of hydrogen-bond acceptors (Lipinski definition) is 1. The van der Waals surface area contributed by atoms with Gasteiger partial charge in [0.25, 0.3) is 5.91 Å². The van der Waals surface area contributed by atoms with Crippen molar-refractivity contribution in [3.05, 3.63) is 77.4 Å². The van der Waals surface area contributed by atoms with Crippen LogP contribution in [0.1, 0.15) is 36.5 Å². The maximum atomic E-state index is 12.3. The van der Waals surface area contributed by atoms with Crippen LogP contribution < -0.4 is 15.1 Å². The van der Waals surface area contributed by atoms with Crippen molar-refractivity contribution in [2.45, 2.75) is 26.2 Å². The highest BCUT2D eigenvalue weighted by atomic mass is 16.2. The maximum Gasteiger partial charge on any atom is 0.275 e. The Kier molecular flexibility index (Phi) is 8.66. The Hall–Kier alpha value is -2.43. The fourth-order valence-corrected chi connectivity index (χ4v) is 3.97. The Labute approximate surface area is 181 Å². The lowest BCUT2D eigenvalue weighted by Gasteiger charge is -2.28. The van der Waals surface area contributed by atoms with Gasteiger partial charge in [-0.3, -0.25) is 4.79 Å². The summed E-state index contributed by atoms with van der Waals surface area (Å²) in [5.74, 6) is 0.736. The molecular weight excluding hydrogens is 370 g/mol. The van der Waals surface area contributed by atoms with E-state index in [0.29, 0.717) is 12.5 Å². The van der Waals surface area contributed by atoms with Gasteiger partial charge in [0, 0.05) is 6.54 Å². The van der Waals surface area contributed by atoms with E-state index < -0.39 is 0 Å². The van der Waals surface area contributed by atoms with Crippen LogP contribution in [0.15, 0.2) is 60.7 Å². The zero-order valence-electron chi connectivity index (χ0n) is 18.5. The minimum atomic E-state index is 0.177. The summed E-state index contributed by atoms with van der Waals surface area (Å²) in [6.45, 7) is 11.2. The Morgan fingerprint density at radius 1 is 0.967 bits per heavy atom. The van der Waals surface area contributed by atoms with Crippen LogP contribution in [0, 0.1) is 0 Å². The van der Waals surface area contributed by atoms with Crippen LogP contribution in [-0.2, 0) is 11.2 Å². The van der Waals surface area contributed by atoms with Crippen LogP contribution in [0.3, 0.4) is 0 Å². The van der Waals surface area contributed by atoms with Gasteiger partial charge in [0.15, 0.2) is 6.54 Å². The van der Waals surface area contributed by atoms with Gasteiger partial charge in [-0.15, -0.1) is 0 Å². The molecule has 4 heteroatoms. The Morgan fingerprint density at radius 3 is 2.30 bits per heavy atom. The highest BCUT2D eigenvalue weighted by Gasteiger charge is 2.23. The highest BCUT2D eigenvalue weighted by Crippen LogP contribution is 2.14. The number of nitrogens with one attached hydrogen (secondary N) is 3. The molecule has 2 aromatic rings. The van der Waals surface area contributed by atoms with Crippen LogP contribution in [-0.4, -0.2) is 51.7 Å². The third-order valence-corrected chi connectivity index (χ3v) is 5.97. The zero-order chi connectivity index (χ0) is 21.2. The first-order chi connectivity index (χ1) is 14.6. The molecule has 0 atom stereocenters. The van der Waals surface area contributed by atoms with Gasteiger partial charge < -0.3 is 15.1 Å². The molecule has 0 saturated carbocycles. The van der Waals surface area contributed by atoms with Crippen molar-refractivity contribution in [2.75, 3.05) is 45.8 Å². The van der Waals surface area contributed by atoms with Gasteiger partial charge >= 0.3 is 0 Å². The van der Waals surface area contributed by atoms with Gasteiger partial charge in [-0.05, 0) is 35.1 Å². The van der Waals surface area contributed by atoms with Crippen molar-refractivity contribution in [1.29, 1.82) is 0 Å². The average molecular weight is 408 g/mol. The van der Waals surface area contributed by atoms with E-state index in [1.54, 1.807) is 4.90 Å². The molecule has 3 N–H and O–H groups in total. The number of amides is 1.